The first-order chi connectivity index (χ1) is 6.59. The molecule has 1 aliphatic rings. The molecule has 1 aromatic rings. The SMILES string of the molecule is C=[N+]1C=Cc2cc(Br)c(F)cc2C1=O. The van der Waals surface area contributed by atoms with Gasteiger partial charge in [-0.2, -0.15) is 0 Å². The maximum Gasteiger partial charge on any atom is 0.424 e. The first kappa shape index (κ1) is 9.27. The van der Waals surface area contributed by atoms with Crippen LogP contribution in [-0.2, 0) is 0 Å². The van der Waals surface area contributed by atoms with Gasteiger partial charge in [0.05, 0.1) is 4.47 Å². The second-order valence-corrected chi connectivity index (χ2v) is 3.80. The number of nitrogens with zero attached hydrogens (tertiary/aromatic N) is 1. The summed E-state index contributed by atoms with van der Waals surface area (Å²) in [6.45, 7) is 3.49. The van der Waals surface area contributed by atoms with Crippen LogP contribution < -0.4 is 0 Å². The van der Waals surface area contributed by atoms with Crippen LogP contribution in [0.4, 0.5) is 4.39 Å². The number of halogens is 2. The van der Waals surface area contributed by atoms with Crippen molar-refractivity contribution in [3.05, 3.63) is 39.7 Å². The Labute approximate surface area is 88.5 Å². The van der Waals surface area contributed by atoms with Crippen molar-refractivity contribution in [3.8, 4) is 0 Å². The number of carbonyl (C=O) groups excluding carboxylic acids is 1. The highest BCUT2D eigenvalue weighted by Gasteiger charge is 2.25. The van der Waals surface area contributed by atoms with Gasteiger partial charge in [0.15, 0.2) is 6.20 Å². The Morgan fingerprint density at radius 3 is 2.86 bits per heavy atom. The van der Waals surface area contributed by atoms with Crippen LogP contribution in [0.5, 0.6) is 0 Å². The molecule has 14 heavy (non-hydrogen) atoms. The molecule has 1 aliphatic heterocycles. The zero-order valence-corrected chi connectivity index (χ0v) is 8.71. The minimum atomic E-state index is -0.444. The molecule has 1 aromatic carbocycles. The number of amides is 1. The van der Waals surface area contributed by atoms with Crippen LogP contribution in [0.3, 0.4) is 0 Å². The average Bonchev–Trinajstić information content (AvgIpc) is 2.15. The summed E-state index contributed by atoms with van der Waals surface area (Å²) < 4.78 is 14.7. The summed E-state index contributed by atoms with van der Waals surface area (Å²) in [6, 6.07) is 2.79. The summed E-state index contributed by atoms with van der Waals surface area (Å²) in [5.41, 5.74) is 1.03. The Balaban J connectivity index is 2.70. The highest BCUT2D eigenvalue weighted by Crippen LogP contribution is 2.24. The van der Waals surface area contributed by atoms with E-state index in [2.05, 4.69) is 22.6 Å². The van der Waals surface area contributed by atoms with Gasteiger partial charge in [-0.3, -0.25) is 0 Å². The number of rotatable bonds is 0. The Bertz CT molecular complexity index is 479. The molecule has 0 fully saturated rings. The van der Waals surface area contributed by atoms with Gasteiger partial charge in [-0.15, -0.1) is 4.58 Å². The molecule has 0 saturated carbocycles. The average molecular weight is 255 g/mol. The smallest absolute Gasteiger partial charge is 0.214 e. The summed E-state index contributed by atoms with van der Waals surface area (Å²) >= 11 is 3.06. The van der Waals surface area contributed by atoms with Crippen LogP contribution in [0.25, 0.3) is 6.08 Å². The fourth-order valence-electron chi connectivity index (χ4n) is 1.28. The van der Waals surface area contributed by atoms with Crippen molar-refractivity contribution < 1.29 is 13.8 Å². The van der Waals surface area contributed by atoms with E-state index in [1.54, 1.807) is 18.3 Å². The van der Waals surface area contributed by atoms with Crippen LogP contribution >= 0.6 is 15.9 Å². The normalized spacial score (nSPS) is 14.4. The summed E-state index contributed by atoms with van der Waals surface area (Å²) in [5, 5.41) is 0. The summed E-state index contributed by atoms with van der Waals surface area (Å²) in [6.07, 6.45) is 3.27. The van der Waals surface area contributed by atoms with E-state index < -0.39 is 5.82 Å². The number of hydrogen-bond donors (Lipinski definition) is 0. The van der Waals surface area contributed by atoms with E-state index in [1.165, 1.54) is 10.6 Å². The molecule has 0 bridgehead atoms. The minimum Gasteiger partial charge on any atom is -0.214 e. The molecule has 70 valence electrons. The van der Waals surface area contributed by atoms with Crippen molar-refractivity contribution >= 4 is 34.6 Å². The number of fused-ring (bicyclic) bond motifs is 1. The topological polar surface area (TPSA) is 20.1 Å². The Kier molecular flexibility index (Phi) is 2.07. The second-order valence-electron chi connectivity index (χ2n) is 2.94. The summed E-state index contributed by atoms with van der Waals surface area (Å²) in [5.74, 6) is -0.741. The molecular formula is C10H6BrFNO+. The fourth-order valence-corrected chi connectivity index (χ4v) is 1.64. The molecule has 1 amide bonds. The molecule has 2 nitrogen and oxygen atoms in total. The van der Waals surface area contributed by atoms with Gasteiger partial charge >= 0.3 is 5.91 Å². The van der Waals surface area contributed by atoms with Crippen molar-refractivity contribution in [2.75, 3.05) is 0 Å². The maximum absolute atomic E-state index is 13.1. The quantitative estimate of drug-likeness (QED) is 0.652. The van der Waals surface area contributed by atoms with Crippen LogP contribution in [0.15, 0.2) is 22.8 Å². The van der Waals surface area contributed by atoms with Gasteiger partial charge in [-0.1, -0.05) is 0 Å². The fraction of sp³-hybridized carbons (Fsp3) is 0. The predicted octanol–water partition coefficient (Wildman–Crippen LogP) is 2.43. The highest BCUT2D eigenvalue weighted by molar-refractivity contribution is 9.10. The molecule has 0 radical (unpaired) electrons. The van der Waals surface area contributed by atoms with Gasteiger partial charge in [-0.05, 0) is 33.6 Å². The molecule has 1 heterocycles. The van der Waals surface area contributed by atoms with Gasteiger partial charge in [-0.25, -0.2) is 9.18 Å². The van der Waals surface area contributed by atoms with Crippen LogP contribution in [0.1, 0.15) is 15.9 Å². The van der Waals surface area contributed by atoms with Crippen LogP contribution in [-0.4, -0.2) is 17.2 Å². The van der Waals surface area contributed by atoms with E-state index in [9.17, 15) is 9.18 Å². The molecule has 0 aliphatic carbocycles. The largest absolute Gasteiger partial charge is 0.424 e. The third-order valence-electron chi connectivity index (χ3n) is 2.02. The lowest BCUT2D eigenvalue weighted by atomic mass is 10.0. The molecule has 0 saturated heterocycles. The van der Waals surface area contributed by atoms with Crippen molar-refractivity contribution in [2.45, 2.75) is 0 Å². The molecule has 2 rings (SSSR count). The standard InChI is InChI=1S/C10H6BrFNO/c1-13-3-2-6-4-8(11)9(12)5-7(6)10(13)14/h2-5H,1H2/q+1. The van der Waals surface area contributed by atoms with E-state index in [0.717, 1.165) is 0 Å². The lowest BCUT2D eigenvalue weighted by Crippen LogP contribution is -2.18. The summed E-state index contributed by atoms with van der Waals surface area (Å²) in [7, 11) is 0. The van der Waals surface area contributed by atoms with Gasteiger partial charge in [0.2, 0.25) is 0 Å². The third-order valence-corrected chi connectivity index (χ3v) is 2.63. The van der Waals surface area contributed by atoms with E-state index in [4.69, 9.17) is 0 Å². The van der Waals surface area contributed by atoms with Crippen molar-refractivity contribution in [2.24, 2.45) is 0 Å². The van der Waals surface area contributed by atoms with Gasteiger partial charge < -0.3 is 0 Å². The van der Waals surface area contributed by atoms with Gasteiger partial charge in [0, 0.05) is 6.08 Å². The lowest BCUT2D eigenvalue weighted by Gasteiger charge is -2.06. The first-order valence-electron chi connectivity index (χ1n) is 3.91. The van der Waals surface area contributed by atoms with Crippen molar-refractivity contribution in [1.29, 1.82) is 0 Å². The first-order valence-corrected chi connectivity index (χ1v) is 4.70. The highest BCUT2D eigenvalue weighted by atomic mass is 79.9. The maximum atomic E-state index is 13.1. The monoisotopic (exact) mass is 254 g/mol. The van der Waals surface area contributed by atoms with Gasteiger partial charge in [0.25, 0.3) is 0 Å². The van der Waals surface area contributed by atoms with Crippen molar-refractivity contribution in [1.82, 2.24) is 0 Å². The Morgan fingerprint density at radius 1 is 1.43 bits per heavy atom. The Morgan fingerprint density at radius 2 is 2.14 bits per heavy atom. The van der Waals surface area contributed by atoms with Crippen LogP contribution in [0.2, 0.25) is 0 Å². The molecule has 0 aromatic heterocycles. The zero-order chi connectivity index (χ0) is 10.3. The second kappa shape index (κ2) is 3.13. The van der Waals surface area contributed by atoms with E-state index in [1.807, 2.05) is 0 Å². The predicted molar refractivity (Wildman–Crippen MR) is 54.8 cm³/mol. The number of hydrogen-bond acceptors (Lipinski definition) is 1. The molecular weight excluding hydrogens is 249 g/mol. The number of benzene rings is 1. The molecule has 0 atom stereocenters. The van der Waals surface area contributed by atoms with E-state index in [-0.39, 0.29) is 5.91 Å². The van der Waals surface area contributed by atoms with E-state index >= 15 is 0 Å². The number of carbonyl (C=O) groups is 1. The zero-order valence-electron chi connectivity index (χ0n) is 7.13. The van der Waals surface area contributed by atoms with Gasteiger partial charge in [0.1, 0.15) is 18.1 Å². The molecule has 0 unspecified atom stereocenters. The third kappa shape index (κ3) is 1.32. The van der Waals surface area contributed by atoms with E-state index in [0.29, 0.717) is 15.6 Å². The summed E-state index contributed by atoms with van der Waals surface area (Å²) in [4.78, 5) is 11.5. The molecule has 4 heteroatoms. The molecule has 0 spiro atoms. The van der Waals surface area contributed by atoms with Crippen molar-refractivity contribution in [3.63, 3.8) is 0 Å². The Hall–Kier alpha value is -1.29. The molecule has 0 N–H and O–H groups in total. The minimum absolute atomic E-state index is 0.297. The lowest BCUT2D eigenvalue weighted by molar-refractivity contribution is -0.341. The van der Waals surface area contributed by atoms with Crippen LogP contribution in [0, 0.1) is 5.82 Å².